The lowest BCUT2D eigenvalue weighted by Gasteiger charge is -2.27. The second-order valence-corrected chi connectivity index (χ2v) is 6.05. The van der Waals surface area contributed by atoms with Crippen molar-refractivity contribution in [2.45, 2.75) is 19.3 Å². The SMILES string of the molecule is CC(F)(F)C1C=C(N2CC3C=CC(N)=CC3C2)C=CC1. The van der Waals surface area contributed by atoms with E-state index in [0.717, 1.165) is 31.4 Å². The van der Waals surface area contributed by atoms with Gasteiger partial charge < -0.3 is 10.6 Å². The molecule has 0 radical (unpaired) electrons. The summed E-state index contributed by atoms with van der Waals surface area (Å²) in [5.74, 6) is -2.51. The van der Waals surface area contributed by atoms with Gasteiger partial charge in [0.25, 0.3) is 5.92 Å². The molecule has 0 aromatic rings. The Morgan fingerprint density at radius 1 is 1.20 bits per heavy atom. The van der Waals surface area contributed by atoms with Crippen LogP contribution in [-0.2, 0) is 0 Å². The molecule has 1 fully saturated rings. The van der Waals surface area contributed by atoms with Gasteiger partial charge in [-0.05, 0) is 25.5 Å². The minimum atomic E-state index is -2.66. The molecule has 0 amide bonds. The first kappa shape index (κ1) is 13.4. The zero-order chi connectivity index (χ0) is 14.3. The summed E-state index contributed by atoms with van der Waals surface area (Å²) in [5, 5.41) is 0. The first-order chi connectivity index (χ1) is 9.43. The Balaban J connectivity index is 1.76. The number of alkyl halides is 2. The topological polar surface area (TPSA) is 29.3 Å². The smallest absolute Gasteiger partial charge is 0.251 e. The summed E-state index contributed by atoms with van der Waals surface area (Å²) in [7, 11) is 0. The van der Waals surface area contributed by atoms with Crippen molar-refractivity contribution >= 4 is 0 Å². The van der Waals surface area contributed by atoms with Gasteiger partial charge in [0, 0.05) is 42.2 Å². The number of nitrogens with two attached hydrogens (primary N) is 1. The second kappa shape index (κ2) is 4.76. The van der Waals surface area contributed by atoms with E-state index in [0.29, 0.717) is 18.3 Å². The van der Waals surface area contributed by atoms with Crippen LogP contribution in [0.4, 0.5) is 8.78 Å². The molecule has 0 bridgehead atoms. The fourth-order valence-electron chi connectivity index (χ4n) is 3.21. The van der Waals surface area contributed by atoms with Gasteiger partial charge in [-0.2, -0.15) is 0 Å². The Labute approximate surface area is 118 Å². The zero-order valence-electron chi connectivity index (χ0n) is 11.6. The number of allylic oxidation sites excluding steroid dienone is 4. The summed E-state index contributed by atoms with van der Waals surface area (Å²) < 4.78 is 27.0. The predicted molar refractivity (Wildman–Crippen MR) is 75.9 cm³/mol. The maximum absolute atomic E-state index is 13.5. The predicted octanol–water partition coefficient (Wildman–Crippen LogP) is 3.06. The van der Waals surface area contributed by atoms with E-state index in [9.17, 15) is 8.78 Å². The van der Waals surface area contributed by atoms with Crippen molar-refractivity contribution in [3.05, 3.63) is 47.9 Å². The van der Waals surface area contributed by atoms with E-state index in [4.69, 9.17) is 5.73 Å². The number of halogens is 2. The zero-order valence-corrected chi connectivity index (χ0v) is 11.6. The average Bonchev–Trinajstić information content (AvgIpc) is 2.81. The second-order valence-electron chi connectivity index (χ2n) is 6.05. The van der Waals surface area contributed by atoms with E-state index >= 15 is 0 Å². The molecule has 20 heavy (non-hydrogen) atoms. The van der Waals surface area contributed by atoms with Crippen molar-refractivity contribution in [1.29, 1.82) is 0 Å². The lowest BCUT2D eigenvalue weighted by atomic mass is 9.91. The fourth-order valence-corrected chi connectivity index (χ4v) is 3.21. The van der Waals surface area contributed by atoms with Gasteiger partial charge in [0.1, 0.15) is 0 Å². The third-order valence-corrected chi connectivity index (χ3v) is 4.42. The molecular weight excluding hydrogens is 258 g/mol. The van der Waals surface area contributed by atoms with Crippen LogP contribution in [0.2, 0.25) is 0 Å². The monoisotopic (exact) mass is 278 g/mol. The van der Waals surface area contributed by atoms with E-state index in [1.54, 1.807) is 6.08 Å². The number of fused-ring (bicyclic) bond motifs is 1. The third-order valence-electron chi connectivity index (χ3n) is 4.42. The van der Waals surface area contributed by atoms with Gasteiger partial charge in [0.05, 0.1) is 0 Å². The van der Waals surface area contributed by atoms with Crippen LogP contribution in [0.15, 0.2) is 47.9 Å². The Morgan fingerprint density at radius 2 is 1.95 bits per heavy atom. The molecule has 1 aliphatic heterocycles. The van der Waals surface area contributed by atoms with Gasteiger partial charge >= 0.3 is 0 Å². The van der Waals surface area contributed by atoms with Gasteiger partial charge in [-0.25, -0.2) is 8.78 Å². The molecule has 2 nitrogen and oxygen atoms in total. The van der Waals surface area contributed by atoms with Gasteiger partial charge in [0.15, 0.2) is 0 Å². The quantitative estimate of drug-likeness (QED) is 0.841. The molecule has 0 saturated carbocycles. The summed E-state index contributed by atoms with van der Waals surface area (Å²) in [6, 6.07) is 0. The number of rotatable bonds is 2. The number of nitrogens with zero attached hydrogens (tertiary/aromatic N) is 1. The molecule has 3 aliphatic rings. The highest BCUT2D eigenvalue weighted by Gasteiger charge is 2.36. The third kappa shape index (κ3) is 2.51. The summed E-state index contributed by atoms with van der Waals surface area (Å²) in [6.07, 6.45) is 12.1. The maximum atomic E-state index is 13.5. The van der Waals surface area contributed by atoms with Crippen LogP contribution in [0.3, 0.4) is 0 Å². The first-order valence-electron chi connectivity index (χ1n) is 7.10. The summed E-state index contributed by atoms with van der Waals surface area (Å²) in [5.41, 5.74) is 7.55. The van der Waals surface area contributed by atoms with Crippen molar-refractivity contribution in [2.24, 2.45) is 23.5 Å². The average molecular weight is 278 g/mol. The van der Waals surface area contributed by atoms with E-state index < -0.39 is 11.8 Å². The lowest BCUT2D eigenvalue weighted by Crippen LogP contribution is -2.27. The minimum Gasteiger partial charge on any atom is -0.399 e. The Hall–Kier alpha value is -1.58. The van der Waals surface area contributed by atoms with Gasteiger partial charge in [-0.1, -0.05) is 24.3 Å². The van der Waals surface area contributed by atoms with Crippen LogP contribution in [0.1, 0.15) is 13.3 Å². The summed E-state index contributed by atoms with van der Waals surface area (Å²) in [4.78, 5) is 2.20. The van der Waals surface area contributed by atoms with Crippen LogP contribution in [0, 0.1) is 17.8 Å². The van der Waals surface area contributed by atoms with Crippen LogP contribution in [-0.4, -0.2) is 23.9 Å². The minimum absolute atomic E-state index is 0.400. The van der Waals surface area contributed by atoms with Gasteiger partial charge in [0.2, 0.25) is 0 Å². The Morgan fingerprint density at radius 3 is 2.70 bits per heavy atom. The van der Waals surface area contributed by atoms with E-state index in [2.05, 4.69) is 17.1 Å². The molecule has 0 spiro atoms. The van der Waals surface area contributed by atoms with Crippen LogP contribution < -0.4 is 5.73 Å². The largest absolute Gasteiger partial charge is 0.399 e. The molecule has 0 aromatic carbocycles. The summed E-state index contributed by atoms with van der Waals surface area (Å²) in [6.45, 7) is 2.73. The van der Waals surface area contributed by atoms with Crippen molar-refractivity contribution in [3.8, 4) is 0 Å². The van der Waals surface area contributed by atoms with Gasteiger partial charge in [-0.3, -0.25) is 0 Å². The molecule has 3 atom stereocenters. The molecule has 3 rings (SSSR count). The Kier molecular flexibility index (Phi) is 3.19. The molecule has 0 aromatic heterocycles. The molecule has 3 unspecified atom stereocenters. The number of hydrogen-bond acceptors (Lipinski definition) is 2. The van der Waals surface area contributed by atoms with Gasteiger partial charge in [-0.15, -0.1) is 0 Å². The molecule has 2 aliphatic carbocycles. The number of hydrogen-bond donors (Lipinski definition) is 1. The highest BCUT2D eigenvalue weighted by Crippen LogP contribution is 2.36. The molecular formula is C16H20F2N2. The Bertz CT molecular complexity index is 511. The fraction of sp³-hybridized carbons (Fsp3) is 0.500. The first-order valence-corrected chi connectivity index (χ1v) is 7.10. The highest BCUT2D eigenvalue weighted by molar-refractivity contribution is 5.29. The molecule has 2 N–H and O–H groups in total. The summed E-state index contributed by atoms with van der Waals surface area (Å²) >= 11 is 0. The van der Waals surface area contributed by atoms with Crippen LogP contribution in [0.5, 0.6) is 0 Å². The van der Waals surface area contributed by atoms with Crippen molar-refractivity contribution in [2.75, 3.05) is 13.1 Å². The molecule has 1 heterocycles. The number of likely N-dealkylation sites (tertiary alicyclic amines) is 1. The lowest BCUT2D eigenvalue weighted by molar-refractivity contribution is -0.0209. The molecule has 4 heteroatoms. The van der Waals surface area contributed by atoms with Crippen molar-refractivity contribution in [3.63, 3.8) is 0 Å². The molecule has 108 valence electrons. The van der Waals surface area contributed by atoms with Crippen molar-refractivity contribution < 1.29 is 8.78 Å². The van der Waals surface area contributed by atoms with E-state index in [1.807, 2.05) is 18.2 Å². The van der Waals surface area contributed by atoms with Crippen molar-refractivity contribution in [1.82, 2.24) is 4.90 Å². The maximum Gasteiger partial charge on any atom is 0.251 e. The highest BCUT2D eigenvalue weighted by atomic mass is 19.3. The standard InChI is InChI=1S/C16H20F2N2/c1-16(17,18)13-3-2-4-15(8-13)20-9-11-5-6-14(19)7-12(11)10-20/h2,4-8,11-13H,3,9-10,19H2,1H3. The van der Waals surface area contributed by atoms with E-state index in [1.165, 1.54) is 0 Å². The van der Waals surface area contributed by atoms with Crippen LogP contribution in [0.25, 0.3) is 0 Å². The van der Waals surface area contributed by atoms with Crippen LogP contribution >= 0.6 is 0 Å². The normalized spacial score (nSPS) is 33.0. The van der Waals surface area contributed by atoms with E-state index in [-0.39, 0.29) is 0 Å². The molecule has 1 saturated heterocycles.